The Morgan fingerprint density at radius 3 is 2.65 bits per heavy atom. The third-order valence-corrected chi connectivity index (χ3v) is 4.05. The van der Waals surface area contributed by atoms with E-state index >= 15 is 0 Å². The van der Waals surface area contributed by atoms with Gasteiger partial charge in [0.25, 0.3) is 5.91 Å². The lowest BCUT2D eigenvalue weighted by molar-refractivity contribution is 0.102. The first-order valence-electron chi connectivity index (χ1n) is 7.20. The van der Waals surface area contributed by atoms with Crippen LogP contribution in [0.4, 0.5) is 11.4 Å². The molecule has 23 heavy (non-hydrogen) atoms. The van der Waals surface area contributed by atoms with Crippen molar-refractivity contribution in [2.45, 2.75) is 0 Å². The number of pyridine rings is 1. The fourth-order valence-corrected chi connectivity index (χ4v) is 2.76. The second-order valence-corrected chi connectivity index (χ2v) is 5.83. The summed E-state index contributed by atoms with van der Waals surface area (Å²) in [5.41, 5.74) is 1.76. The number of rotatable bonds is 3. The number of nitrogens with zero attached hydrogens (tertiary/aromatic N) is 2. The predicted molar refractivity (Wildman–Crippen MR) is 91.7 cm³/mol. The molecular formula is C16H15Cl2N3O2. The monoisotopic (exact) mass is 351 g/mol. The Morgan fingerprint density at radius 1 is 1.13 bits per heavy atom. The Morgan fingerprint density at radius 2 is 1.87 bits per heavy atom. The van der Waals surface area contributed by atoms with Gasteiger partial charge >= 0.3 is 0 Å². The third kappa shape index (κ3) is 3.75. The van der Waals surface area contributed by atoms with Gasteiger partial charge in [0.05, 0.1) is 29.6 Å². The topological polar surface area (TPSA) is 54.5 Å². The van der Waals surface area contributed by atoms with Crippen LogP contribution in [0.1, 0.15) is 10.5 Å². The molecule has 0 unspecified atom stereocenters. The summed E-state index contributed by atoms with van der Waals surface area (Å²) in [5, 5.41) is 3.35. The lowest BCUT2D eigenvalue weighted by Gasteiger charge is -2.30. The van der Waals surface area contributed by atoms with Gasteiger partial charge in [-0.2, -0.15) is 0 Å². The summed E-state index contributed by atoms with van der Waals surface area (Å²) in [4.78, 5) is 18.6. The molecule has 7 heteroatoms. The van der Waals surface area contributed by atoms with Crippen LogP contribution in [-0.2, 0) is 4.74 Å². The van der Waals surface area contributed by atoms with Crippen molar-refractivity contribution in [3.05, 3.63) is 52.3 Å². The molecule has 5 nitrogen and oxygen atoms in total. The third-order valence-electron chi connectivity index (χ3n) is 3.53. The van der Waals surface area contributed by atoms with Crippen molar-refractivity contribution < 1.29 is 9.53 Å². The Hall–Kier alpha value is -1.82. The van der Waals surface area contributed by atoms with Gasteiger partial charge in [-0.05, 0) is 24.3 Å². The average Bonchev–Trinajstić information content (AvgIpc) is 2.58. The van der Waals surface area contributed by atoms with Crippen LogP contribution in [0.15, 0.2) is 36.4 Å². The van der Waals surface area contributed by atoms with Crippen molar-refractivity contribution in [2.75, 3.05) is 36.5 Å². The molecule has 0 saturated carbocycles. The van der Waals surface area contributed by atoms with Gasteiger partial charge in [0.15, 0.2) is 0 Å². The molecule has 1 amide bonds. The van der Waals surface area contributed by atoms with Gasteiger partial charge in [-0.1, -0.05) is 35.3 Å². The minimum Gasteiger partial charge on any atom is -0.378 e. The summed E-state index contributed by atoms with van der Waals surface area (Å²) in [6.07, 6.45) is 0. The molecular weight excluding hydrogens is 337 g/mol. The van der Waals surface area contributed by atoms with Gasteiger partial charge in [-0.25, -0.2) is 4.98 Å². The smallest absolute Gasteiger partial charge is 0.275 e. The summed E-state index contributed by atoms with van der Waals surface area (Å²) in [7, 11) is 0. The molecule has 0 aliphatic carbocycles. The van der Waals surface area contributed by atoms with Crippen molar-refractivity contribution in [2.24, 2.45) is 0 Å². The van der Waals surface area contributed by atoms with Crippen molar-refractivity contribution in [1.29, 1.82) is 0 Å². The van der Waals surface area contributed by atoms with Crippen LogP contribution in [-0.4, -0.2) is 37.2 Å². The van der Waals surface area contributed by atoms with Crippen molar-refractivity contribution in [3.63, 3.8) is 0 Å². The Kier molecular flexibility index (Phi) is 5.00. The van der Waals surface area contributed by atoms with Gasteiger partial charge in [0.2, 0.25) is 0 Å². The number of amides is 1. The summed E-state index contributed by atoms with van der Waals surface area (Å²) >= 11 is 11.9. The lowest BCUT2D eigenvalue weighted by Crippen LogP contribution is -2.36. The molecule has 1 aliphatic rings. The van der Waals surface area contributed by atoms with Crippen LogP contribution in [0, 0.1) is 0 Å². The van der Waals surface area contributed by atoms with Gasteiger partial charge < -0.3 is 15.0 Å². The predicted octanol–water partition coefficient (Wildman–Crippen LogP) is 3.48. The number of morpholine rings is 1. The van der Waals surface area contributed by atoms with E-state index in [0.29, 0.717) is 18.9 Å². The number of hydrogen-bond donors (Lipinski definition) is 1. The van der Waals surface area contributed by atoms with Crippen LogP contribution in [0.2, 0.25) is 10.2 Å². The number of ether oxygens (including phenoxy) is 1. The van der Waals surface area contributed by atoms with E-state index < -0.39 is 5.91 Å². The number of carbonyl (C=O) groups is 1. The van der Waals surface area contributed by atoms with Gasteiger partial charge in [-0.3, -0.25) is 4.79 Å². The molecule has 2 aromatic rings. The van der Waals surface area contributed by atoms with Crippen molar-refractivity contribution in [1.82, 2.24) is 4.98 Å². The molecule has 1 fully saturated rings. The van der Waals surface area contributed by atoms with Crippen molar-refractivity contribution in [3.8, 4) is 0 Å². The zero-order chi connectivity index (χ0) is 16.2. The number of carbonyl (C=O) groups excluding carboxylic acids is 1. The number of benzene rings is 1. The highest BCUT2D eigenvalue weighted by Crippen LogP contribution is 2.27. The molecule has 2 heterocycles. The quantitative estimate of drug-likeness (QED) is 0.860. The first-order chi connectivity index (χ1) is 11.1. The van der Waals surface area contributed by atoms with Gasteiger partial charge in [0, 0.05) is 13.1 Å². The Balaban J connectivity index is 1.85. The molecule has 1 N–H and O–H groups in total. The fraction of sp³-hybridized carbons (Fsp3) is 0.250. The van der Waals surface area contributed by atoms with E-state index in [4.69, 9.17) is 27.9 Å². The first kappa shape index (κ1) is 16.1. The summed E-state index contributed by atoms with van der Waals surface area (Å²) in [6.45, 7) is 2.90. The second kappa shape index (κ2) is 7.17. The summed E-state index contributed by atoms with van der Waals surface area (Å²) < 4.78 is 5.37. The number of aromatic nitrogens is 1. The highest BCUT2D eigenvalue weighted by atomic mass is 35.5. The molecule has 3 rings (SSSR count). The normalized spacial score (nSPS) is 14.6. The van der Waals surface area contributed by atoms with E-state index in [2.05, 4.69) is 15.2 Å². The van der Waals surface area contributed by atoms with Crippen LogP contribution in [0.25, 0.3) is 0 Å². The average molecular weight is 352 g/mol. The molecule has 0 spiro atoms. The minimum atomic E-state index is -0.391. The number of para-hydroxylation sites is 2. The Labute approximate surface area is 144 Å². The summed E-state index contributed by atoms with van der Waals surface area (Å²) in [6, 6.07) is 10.7. The summed E-state index contributed by atoms with van der Waals surface area (Å²) in [5.74, 6) is -0.391. The molecule has 0 radical (unpaired) electrons. The highest BCUT2D eigenvalue weighted by molar-refractivity contribution is 6.35. The zero-order valence-corrected chi connectivity index (χ0v) is 13.8. The molecule has 0 bridgehead atoms. The van der Waals surface area contributed by atoms with Crippen molar-refractivity contribution >= 4 is 40.5 Å². The van der Waals surface area contributed by atoms with Crippen LogP contribution < -0.4 is 10.2 Å². The van der Waals surface area contributed by atoms with Crippen LogP contribution >= 0.6 is 23.2 Å². The van der Waals surface area contributed by atoms with Crippen LogP contribution in [0.3, 0.4) is 0 Å². The van der Waals surface area contributed by atoms with E-state index in [0.717, 1.165) is 18.8 Å². The molecule has 1 aromatic heterocycles. The largest absolute Gasteiger partial charge is 0.378 e. The zero-order valence-electron chi connectivity index (χ0n) is 12.3. The maximum Gasteiger partial charge on any atom is 0.275 e. The fourth-order valence-electron chi connectivity index (χ4n) is 2.42. The second-order valence-electron chi connectivity index (χ2n) is 5.04. The highest BCUT2D eigenvalue weighted by Gasteiger charge is 2.18. The Bertz CT molecular complexity index is 718. The van der Waals surface area contributed by atoms with E-state index in [9.17, 15) is 4.79 Å². The number of halogens is 2. The number of anilines is 2. The van der Waals surface area contributed by atoms with E-state index in [1.54, 1.807) is 12.1 Å². The number of hydrogen-bond acceptors (Lipinski definition) is 4. The minimum absolute atomic E-state index is 0.107. The molecule has 0 atom stereocenters. The SMILES string of the molecule is O=C(Nc1ccccc1N1CCOCC1)c1nc(Cl)ccc1Cl. The lowest BCUT2D eigenvalue weighted by atomic mass is 10.2. The van der Waals surface area contributed by atoms with Gasteiger partial charge in [0.1, 0.15) is 10.8 Å². The maximum absolute atomic E-state index is 12.5. The standard InChI is InChI=1S/C16H15Cl2N3O2/c17-11-5-6-14(18)20-15(11)16(22)19-12-3-1-2-4-13(12)21-7-9-23-10-8-21/h1-6H,7-10H2,(H,19,22). The van der Waals surface area contributed by atoms with E-state index in [1.807, 2.05) is 24.3 Å². The van der Waals surface area contributed by atoms with E-state index in [1.165, 1.54) is 0 Å². The van der Waals surface area contributed by atoms with E-state index in [-0.39, 0.29) is 15.9 Å². The molecule has 1 aliphatic heterocycles. The maximum atomic E-state index is 12.5. The number of nitrogens with one attached hydrogen (secondary N) is 1. The molecule has 120 valence electrons. The van der Waals surface area contributed by atoms with Crippen LogP contribution in [0.5, 0.6) is 0 Å². The first-order valence-corrected chi connectivity index (χ1v) is 7.96. The van der Waals surface area contributed by atoms with Gasteiger partial charge in [-0.15, -0.1) is 0 Å². The molecule has 1 aromatic carbocycles. The molecule has 1 saturated heterocycles.